The maximum atomic E-state index is 13.2. The number of carbonyl (C=O) groups is 1. The molecule has 0 amide bonds. The molecule has 0 aliphatic heterocycles. The van der Waals surface area contributed by atoms with Gasteiger partial charge in [0, 0.05) is 10.8 Å². The fourth-order valence-electron chi connectivity index (χ4n) is 3.86. The lowest BCUT2D eigenvalue weighted by Gasteiger charge is -2.08. The van der Waals surface area contributed by atoms with Gasteiger partial charge in [-0.25, -0.2) is 8.42 Å². The molecule has 4 nitrogen and oxygen atoms in total. The van der Waals surface area contributed by atoms with Crippen molar-refractivity contribution in [1.82, 2.24) is 4.57 Å². The molecule has 29 heavy (non-hydrogen) atoms. The number of carbonyl (C=O) groups excluding carboxylic acids is 1. The average molecular weight is 399 g/mol. The van der Waals surface area contributed by atoms with E-state index in [0.717, 1.165) is 21.5 Å². The Balaban J connectivity index is 1.60. The highest BCUT2D eigenvalue weighted by Gasteiger charge is 2.23. The molecular weight excluding hydrogens is 382 g/mol. The van der Waals surface area contributed by atoms with Crippen molar-refractivity contribution in [2.24, 2.45) is 0 Å². The van der Waals surface area contributed by atoms with Crippen LogP contribution in [0.25, 0.3) is 32.6 Å². The Morgan fingerprint density at radius 2 is 1.24 bits per heavy atom. The molecule has 0 saturated carbocycles. The number of hydrogen-bond donors (Lipinski definition) is 0. The van der Waals surface area contributed by atoms with Crippen LogP contribution in [0.1, 0.15) is 4.79 Å². The minimum Gasteiger partial charge on any atom is -0.279 e. The van der Waals surface area contributed by atoms with E-state index < -0.39 is 21.5 Å². The molecule has 0 aliphatic rings. The van der Waals surface area contributed by atoms with Crippen LogP contribution >= 0.6 is 0 Å². The predicted octanol–water partition coefficient (Wildman–Crippen LogP) is 5.06. The van der Waals surface area contributed by atoms with Crippen LogP contribution in [0.2, 0.25) is 0 Å². The molecule has 5 rings (SSSR count). The van der Waals surface area contributed by atoms with E-state index in [-0.39, 0.29) is 4.90 Å². The number of para-hydroxylation sites is 2. The zero-order valence-electron chi connectivity index (χ0n) is 15.4. The van der Waals surface area contributed by atoms with Gasteiger partial charge in [-0.3, -0.25) is 9.36 Å². The molecule has 1 heterocycles. The van der Waals surface area contributed by atoms with Crippen LogP contribution in [0.15, 0.2) is 95.9 Å². The number of aromatic nitrogens is 1. The molecule has 0 atom stereocenters. The van der Waals surface area contributed by atoms with Crippen LogP contribution in [0.3, 0.4) is 0 Å². The summed E-state index contributed by atoms with van der Waals surface area (Å²) < 4.78 is 27.6. The minimum atomic E-state index is -3.78. The first-order chi connectivity index (χ1) is 14.0. The van der Waals surface area contributed by atoms with Gasteiger partial charge in [0.05, 0.1) is 15.9 Å². The van der Waals surface area contributed by atoms with Gasteiger partial charge in [-0.2, -0.15) is 0 Å². The second kappa shape index (κ2) is 6.57. The number of nitrogens with zero attached hydrogens (tertiary/aromatic N) is 1. The summed E-state index contributed by atoms with van der Waals surface area (Å²) in [5.74, 6) is -1.05. The van der Waals surface area contributed by atoms with Gasteiger partial charge in [0.1, 0.15) is 5.75 Å². The lowest BCUT2D eigenvalue weighted by atomic mass is 10.1. The van der Waals surface area contributed by atoms with E-state index in [2.05, 4.69) is 0 Å². The molecule has 0 N–H and O–H groups in total. The quantitative estimate of drug-likeness (QED) is 0.426. The third-order valence-electron chi connectivity index (χ3n) is 5.22. The van der Waals surface area contributed by atoms with Crippen molar-refractivity contribution in [1.29, 1.82) is 0 Å². The monoisotopic (exact) mass is 399 g/mol. The summed E-state index contributed by atoms with van der Waals surface area (Å²) in [6.07, 6.45) is 0. The Morgan fingerprint density at radius 1 is 0.690 bits per heavy atom. The van der Waals surface area contributed by atoms with Crippen LogP contribution in [0.5, 0.6) is 0 Å². The molecule has 142 valence electrons. The van der Waals surface area contributed by atoms with Gasteiger partial charge in [0.2, 0.25) is 5.91 Å². The summed E-state index contributed by atoms with van der Waals surface area (Å²) in [4.78, 5) is 13.3. The van der Waals surface area contributed by atoms with Crippen LogP contribution in [0, 0.1) is 0 Å². The standard InChI is InChI=1S/C24H17NO3S/c26-24(16-29(27,28)19-14-13-17-7-1-2-8-18(17)15-19)25-22-11-5-3-9-20(22)21-10-4-6-12-23(21)25/h1-15H,16H2. The molecule has 4 aromatic carbocycles. The third kappa shape index (κ3) is 2.91. The van der Waals surface area contributed by atoms with Crippen LogP contribution in [-0.4, -0.2) is 24.6 Å². The Morgan fingerprint density at radius 3 is 1.90 bits per heavy atom. The molecule has 0 spiro atoms. The molecule has 0 radical (unpaired) electrons. The summed E-state index contributed by atoms with van der Waals surface area (Å²) in [5, 5.41) is 3.65. The van der Waals surface area contributed by atoms with Crippen LogP contribution in [0.4, 0.5) is 0 Å². The minimum absolute atomic E-state index is 0.158. The Labute approximate surface area is 167 Å². The van der Waals surface area contributed by atoms with Gasteiger partial charge in [-0.1, -0.05) is 66.7 Å². The van der Waals surface area contributed by atoms with Crippen molar-refractivity contribution in [3.8, 4) is 0 Å². The average Bonchev–Trinajstić information content (AvgIpc) is 3.08. The van der Waals surface area contributed by atoms with E-state index in [1.165, 1.54) is 4.57 Å². The highest BCUT2D eigenvalue weighted by molar-refractivity contribution is 7.92. The summed E-state index contributed by atoms with van der Waals surface area (Å²) in [6.45, 7) is 0. The fraction of sp³-hybridized carbons (Fsp3) is 0.0417. The van der Waals surface area contributed by atoms with E-state index in [0.29, 0.717) is 11.0 Å². The molecule has 0 aliphatic carbocycles. The maximum Gasteiger partial charge on any atom is 0.247 e. The molecule has 5 heteroatoms. The van der Waals surface area contributed by atoms with Gasteiger partial charge >= 0.3 is 0 Å². The zero-order valence-corrected chi connectivity index (χ0v) is 16.3. The highest BCUT2D eigenvalue weighted by Crippen LogP contribution is 2.29. The maximum absolute atomic E-state index is 13.2. The number of hydrogen-bond acceptors (Lipinski definition) is 3. The Hall–Kier alpha value is -3.44. The first-order valence-electron chi connectivity index (χ1n) is 9.27. The van der Waals surface area contributed by atoms with Gasteiger partial charge in [-0.15, -0.1) is 0 Å². The number of benzene rings is 4. The lowest BCUT2D eigenvalue weighted by molar-refractivity contribution is 0.0950. The number of fused-ring (bicyclic) bond motifs is 4. The fourth-order valence-corrected chi connectivity index (χ4v) is 5.07. The van der Waals surface area contributed by atoms with Crippen molar-refractivity contribution in [2.45, 2.75) is 4.90 Å². The largest absolute Gasteiger partial charge is 0.279 e. The SMILES string of the molecule is O=C(CS(=O)(=O)c1ccc2ccccc2c1)n1c2ccccc2c2ccccc21. The number of rotatable bonds is 3. The van der Waals surface area contributed by atoms with E-state index in [1.54, 1.807) is 18.2 Å². The molecule has 0 unspecified atom stereocenters. The molecule has 0 bridgehead atoms. The molecule has 5 aromatic rings. The van der Waals surface area contributed by atoms with Gasteiger partial charge in [0.15, 0.2) is 9.84 Å². The first kappa shape index (κ1) is 17.6. The summed E-state index contributed by atoms with van der Waals surface area (Å²) in [7, 11) is -3.78. The summed E-state index contributed by atoms with van der Waals surface area (Å²) in [6, 6.07) is 27.6. The van der Waals surface area contributed by atoms with Crippen molar-refractivity contribution in [3.63, 3.8) is 0 Å². The third-order valence-corrected chi connectivity index (χ3v) is 6.82. The van der Waals surface area contributed by atoms with Crippen molar-refractivity contribution in [3.05, 3.63) is 91.0 Å². The van der Waals surface area contributed by atoms with Crippen molar-refractivity contribution >= 4 is 48.3 Å². The molecule has 0 saturated heterocycles. The van der Waals surface area contributed by atoms with E-state index >= 15 is 0 Å². The molecule has 0 fully saturated rings. The second-order valence-electron chi connectivity index (χ2n) is 7.03. The van der Waals surface area contributed by atoms with Crippen molar-refractivity contribution < 1.29 is 13.2 Å². The summed E-state index contributed by atoms with van der Waals surface area (Å²) in [5.41, 5.74) is 1.43. The van der Waals surface area contributed by atoms with Crippen LogP contribution < -0.4 is 0 Å². The van der Waals surface area contributed by atoms with Gasteiger partial charge in [-0.05, 0) is 35.0 Å². The van der Waals surface area contributed by atoms with Gasteiger partial charge < -0.3 is 0 Å². The van der Waals surface area contributed by atoms with E-state index in [1.807, 2.05) is 72.8 Å². The smallest absolute Gasteiger partial charge is 0.247 e. The topological polar surface area (TPSA) is 56.1 Å². The highest BCUT2D eigenvalue weighted by atomic mass is 32.2. The van der Waals surface area contributed by atoms with E-state index in [9.17, 15) is 13.2 Å². The lowest BCUT2D eigenvalue weighted by Crippen LogP contribution is -2.22. The predicted molar refractivity (Wildman–Crippen MR) is 116 cm³/mol. The zero-order chi connectivity index (χ0) is 20.0. The first-order valence-corrected chi connectivity index (χ1v) is 10.9. The van der Waals surface area contributed by atoms with Crippen molar-refractivity contribution in [2.75, 3.05) is 5.75 Å². The van der Waals surface area contributed by atoms with E-state index in [4.69, 9.17) is 0 Å². The molecule has 1 aromatic heterocycles. The molecular formula is C24H17NO3S. The number of sulfone groups is 1. The normalized spacial score (nSPS) is 12.0. The summed E-state index contributed by atoms with van der Waals surface area (Å²) >= 11 is 0. The Kier molecular flexibility index (Phi) is 4.00. The second-order valence-corrected chi connectivity index (χ2v) is 9.02. The Bertz CT molecular complexity index is 1460. The van der Waals surface area contributed by atoms with Crippen LogP contribution in [-0.2, 0) is 9.84 Å². The van der Waals surface area contributed by atoms with Gasteiger partial charge in [0.25, 0.3) is 0 Å².